The summed E-state index contributed by atoms with van der Waals surface area (Å²) in [6, 6.07) is 8.36. The van der Waals surface area contributed by atoms with Crippen LogP contribution in [0, 0.1) is 5.92 Å². The molecular formula is C13H19NO2. The predicted octanol–water partition coefficient (Wildman–Crippen LogP) is 1.60. The summed E-state index contributed by atoms with van der Waals surface area (Å²) < 4.78 is 10.8. The Kier molecular flexibility index (Phi) is 3.80. The quantitative estimate of drug-likeness (QED) is 0.843. The molecule has 1 saturated heterocycles. The third-order valence-electron chi connectivity index (χ3n) is 3.21. The first-order valence-electron chi connectivity index (χ1n) is 5.76. The molecule has 1 fully saturated rings. The Bertz CT molecular complexity index is 340. The van der Waals surface area contributed by atoms with Gasteiger partial charge < -0.3 is 15.2 Å². The summed E-state index contributed by atoms with van der Waals surface area (Å²) in [5, 5.41) is 0. The van der Waals surface area contributed by atoms with Gasteiger partial charge in [-0.2, -0.15) is 0 Å². The SMILES string of the molecule is COc1ccccc1CC1COCCC1N. The van der Waals surface area contributed by atoms with Crippen molar-refractivity contribution in [2.75, 3.05) is 20.3 Å². The maximum absolute atomic E-state index is 6.10. The fourth-order valence-corrected chi connectivity index (χ4v) is 2.18. The second-order valence-electron chi connectivity index (χ2n) is 4.30. The van der Waals surface area contributed by atoms with Crippen LogP contribution in [0.1, 0.15) is 12.0 Å². The number of rotatable bonds is 3. The van der Waals surface area contributed by atoms with E-state index < -0.39 is 0 Å². The molecule has 1 aromatic rings. The molecule has 1 heterocycles. The van der Waals surface area contributed by atoms with Crippen molar-refractivity contribution in [3.05, 3.63) is 29.8 Å². The van der Waals surface area contributed by atoms with Crippen molar-refractivity contribution in [2.24, 2.45) is 11.7 Å². The number of benzene rings is 1. The molecule has 1 aliphatic rings. The summed E-state index contributed by atoms with van der Waals surface area (Å²) in [5.41, 5.74) is 7.32. The van der Waals surface area contributed by atoms with Gasteiger partial charge in [-0.25, -0.2) is 0 Å². The number of ether oxygens (including phenoxy) is 2. The van der Waals surface area contributed by atoms with E-state index in [0.29, 0.717) is 5.92 Å². The summed E-state index contributed by atoms with van der Waals surface area (Å²) >= 11 is 0. The normalized spacial score (nSPS) is 25.4. The first kappa shape index (κ1) is 11.4. The van der Waals surface area contributed by atoms with E-state index in [1.54, 1.807) is 7.11 Å². The van der Waals surface area contributed by atoms with E-state index >= 15 is 0 Å². The number of methoxy groups -OCH3 is 1. The highest BCUT2D eigenvalue weighted by Gasteiger charge is 2.23. The molecule has 0 spiro atoms. The van der Waals surface area contributed by atoms with Crippen molar-refractivity contribution in [1.82, 2.24) is 0 Å². The van der Waals surface area contributed by atoms with E-state index in [1.807, 2.05) is 18.2 Å². The molecule has 3 heteroatoms. The first-order valence-corrected chi connectivity index (χ1v) is 5.76. The predicted molar refractivity (Wildman–Crippen MR) is 63.6 cm³/mol. The Labute approximate surface area is 96.5 Å². The fourth-order valence-electron chi connectivity index (χ4n) is 2.18. The largest absolute Gasteiger partial charge is 0.496 e. The Hall–Kier alpha value is -1.06. The van der Waals surface area contributed by atoms with Crippen molar-refractivity contribution in [1.29, 1.82) is 0 Å². The van der Waals surface area contributed by atoms with Crippen molar-refractivity contribution >= 4 is 0 Å². The summed E-state index contributed by atoms with van der Waals surface area (Å²) in [6.45, 7) is 1.56. The number of nitrogens with two attached hydrogens (primary N) is 1. The second-order valence-corrected chi connectivity index (χ2v) is 4.30. The molecule has 0 radical (unpaired) electrons. The van der Waals surface area contributed by atoms with Crippen LogP contribution in [-0.2, 0) is 11.2 Å². The van der Waals surface area contributed by atoms with Crippen molar-refractivity contribution < 1.29 is 9.47 Å². The molecule has 2 atom stereocenters. The maximum Gasteiger partial charge on any atom is 0.122 e. The molecule has 0 aliphatic carbocycles. The van der Waals surface area contributed by atoms with Gasteiger partial charge in [0.05, 0.1) is 13.7 Å². The molecule has 16 heavy (non-hydrogen) atoms. The van der Waals surface area contributed by atoms with Crippen molar-refractivity contribution in [3.63, 3.8) is 0 Å². The van der Waals surface area contributed by atoms with Gasteiger partial charge in [-0.3, -0.25) is 0 Å². The van der Waals surface area contributed by atoms with Gasteiger partial charge in [0, 0.05) is 18.6 Å². The summed E-state index contributed by atoms with van der Waals surface area (Å²) in [5.74, 6) is 1.35. The lowest BCUT2D eigenvalue weighted by Gasteiger charge is -2.29. The topological polar surface area (TPSA) is 44.5 Å². The molecule has 3 nitrogen and oxygen atoms in total. The molecule has 2 N–H and O–H groups in total. The van der Waals surface area contributed by atoms with E-state index in [0.717, 1.165) is 31.8 Å². The first-order chi connectivity index (χ1) is 7.81. The standard InChI is InChI=1S/C13H19NO2/c1-15-13-5-3-2-4-10(13)8-11-9-16-7-6-12(11)14/h2-5,11-12H,6-9,14H2,1H3. The lowest BCUT2D eigenvalue weighted by Crippen LogP contribution is -2.39. The van der Waals surface area contributed by atoms with Crippen LogP contribution in [0.4, 0.5) is 0 Å². The smallest absolute Gasteiger partial charge is 0.122 e. The minimum atomic E-state index is 0.249. The maximum atomic E-state index is 6.10. The minimum Gasteiger partial charge on any atom is -0.496 e. The molecule has 1 aliphatic heterocycles. The molecule has 0 saturated carbocycles. The molecule has 0 bridgehead atoms. The molecular weight excluding hydrogens is 202 g/mol. The van der Waals surface area contributed by atoms with Crippen molar-refractivity contribution in [2.45, 2.75) is 18.9 Å². The lowest BCUT2D eigenvalue weighted by atomic mass is 9.90. The van der Waals surface area contributed by atoms with Crippen LogP contribution in [0.5, 0.6) is 5.75 Å². The Morgan fingerprint density at radius 3 is 3.00 bits per heavy atom. The second kappa shape index (κ2) is 5.32. The van der Waals surface area contributed by atoms with Crippen LogP contribution in [0.15, 0.2) is 24.3 Å². The van der Waals surface area contributed by atoms with Gasteiger partial charge in [-0.15, -0.1) is 0 Å². The van der Waals surface area contributed by atoms with E-state index in [1.165, 1.54) is 5.56 Å². The fraction of sp³-hybridized carbons (Fsp3) is 0.538. The van der Waals surface area contributed by atoms with Gasteiger partial charge >= 0.3 is 0 Å². The third kappa shape index (κ3) is 2.54. The third-order valence-corrected chi connectivity index (χ3v) is 3.21. The van der Waals surface area contributed by atoms with Crippen LogP contribution in [0.25, 0.3) is 0 Å². The zero-order chi connectivity index (χ0) is 11.4. The number of hydrogen-bond donors (Lipinski definition) is 1. The van der Waals surface area contributed by atoms with Gasteiger partial charge in [-0.05, 0) is 24.5 Å². The van der Waals surface area contributed by atoms with Crippen LogP contribution in [-0.4, -0.2) is 26.4 Å². The average molecular weight is 221 g/mol. The van der Waals surface area contributed by atoms with Crippen molar-refractivity contribution in [3.8, 4) is 5.75 Å². The van der Waals surface area contributed by atoms with E-state index in [4.69, 9.17) is 15.2 Å². The average Bonchev–Trinajstić information content (AvgIpc) is 2.33. The van der Waals surface area contributed by atoms with E-state index in [2.05, 4.69) is 6.07 Å². The Balaban J connectivity index is 2.07. The van der Waals surface area contributed by atoms with Gasteiger partial charge in [0.2, 0.25) is 0 Å². The molecule has 0 amide bonds. The van der Waals surface area contributed by atoms with Gasteiger partial charge in [-0.1, -0.05) is 18.2 Å². The van der Waals surface area contributed by atoms with Crippen LogP contribution >= 0.6 is 0 Å². The Morgan fingerprint density at radius 1 is 1.44 bits per heavy atom. The highest BCUT2D eigenvalue weighted by atomic mass is 16.5. The minimum absolute atomic E-state index is 0.249. The van der Waals surface area contributed by atoms with Gasteiger partial charge in [0.1, 0.15) is 5.75 Å². The lowest BCUT2D eigenvalue weighted by molar-refractivity contribution is 0.0420. The zero-order valence-electron chi connectivity index (χ0n) is 9.69. The van der Waals surface area contributed by atoms with Crippen LogP contribution < -0.4 is 10.5 Å². The highest BCUT2D eigenvalue weighted by molar-refractivity contribution is 5.33. The van der Waals surface area contributed by atoms with Crippen LogP contribution in [0.3, 0.4) is 0 Å². The molecule has 1 aromatic carbocycles. The van der Waals surface area contributed by atoms with Crippen LogP contribution in [0.2, 0.25) is 0 Å². The molecule has 0 aromatic heterocycles. The summed E-state index contributed by atoms with van der Waals surface area (Å²) in [4.78, 5) is 0. The molecule has 2 unspecified atom stereocenters. The summed E-state index contributed by atoms with van der Waals surface area (Å²) in [6.07, 6.45) is 1.89. The number of para-hydroxylation sites is 1. The van der Waals surface area contributed by atoms with Gasteiger partial charge in [0.15, 0.2) is 0 Å². The zero-order valence-corrected chi connectivity index (χ0v) is 9.69. The Morgan fingerprint density at radius 2 is 2.25 bits per heavy atom. The molecule has 2 rings (SSSR count). The van der Waals surface area contributed by atoms with E-state index in [9.17, 15) is 0 Å². The monoisotopic (exact) mass is 221 g/mol. The summed E-state index contributed by atoms with van der Waals surface area (Å²) in [7, 11) is 1.70. The highest BCUT2D eigenvalue weighted by Crippen LogP contribution is 2.24. The number of hydrogen-bond acceptors (Lipinski definition) is 3. The molecule has 88 valence electrons. The van der Waals surface area contributed by atoms with E-state index in [-0.39, 0.29) is 6.04 Å². The van der Waals surface area contributed by atoms with Gasteiger partial charge in [0.25, 0.3) is 0 Å².